The average Bonchev–Trinajstić information content (AvgIpc) is 2.51. The lowest BCUT2D eigenvalue weighted by Crippen LogP contribution is -2.29. The Morgan fingerprint density at radius 2 is 1.85 bits per heavy atom. The Bertz CT molecular complexity index is 536. The molecule has 1 aromatic carbocycles. The van der Waals surface area contributed by atoms with Crippen molar-refractivity contribution in [2.24, 2.45) is 0 Å². The summed E-state index contributed by atoms with van der Waals surface area (Å²) in [5, 5.41) is 0. The standard InChI is InChI=1S/C17H20N2O/c1-4-11-19(12-5-1)14-15-7-2-3-9-17(15)20-16-8-6-10-18-13-16/h2-3,6-10,13H,1,4-5,11-12,14H2. The smallest absolute Gasteiger partial charge is 0.145 e. The van der Waals surface area contributed by atoms with Crippen LogP contribution in [0.1, 0.15) is 24.8 Å². The molecule has 0 spiro atoms. The van der Waals surface area contributed by atoms with E-state index in [0.29, 0.717) is 0 Å². The van der Waals surface area contributed by atoms with E-state index >= 15 is 0 Å². The van der Waals surface area contributed by atoms with Crippen molar-refractivity contribution in [1.82, 2.24) is 9.88 Å². The fraction of sp³-hybridized carbons (Fsp3) is 0.353. The quantitative estimate of drug-likeness (QED) is 0.842. The molecule has 0 amide bonds. The van der Waals surface area contributed by atoms with Gasteiger partial charge in [-0.05, 0) is 44.1 Å². The van der Waals surface area contributed by atoms with Crippen LogP contribution >= 0.6 is 0 Å². The molecule has 0 atom stereocenters. The SMILES string of the molecule is c1cncc(Oc2ccccc2CN2CCCCC2)c1. The third kappa shape index (κ3) is 3.36. The van der Waals surface area contributed by atoms with Crippen molar-refractivity contribution in [3.05, 3.63) is 54.4 Å². The van der Waals surface area contributed by atoms with Gasteiger partial charge in [0.25, 0.3) is 0 Å². The van der Waals surface area contributed by atoms with Crippen LogP contribution in [0.4, 0.5) is 0 Å². The maximum atomic E-state index is 5.96. The molecule has 3 heteroatoms. The molecular weight excluding hydrogens is 248 g/mol. The van der Waals surface area contributed by atoms with Gasteiger partial charge in [-0.1, -0.05) is 24.6 Å². The molecule has 2 aromatic rings. The molecule has 104 valence electrons. The van der Waals surface area contributed by atoms with Crippen LogP contribution in [0.3, 0.4) is 0 Å². The first-order valence-corrected chi connectivity index (χ1v) is 7.30. The number of para-hydroxylation sites is 1. The van der Waals surface area contributed by atoms with E-state index in [2.05, 4.69) is 22.0 Å². The number of rotatable bonds is 4. The van der Waals surface area contributed by atoms with E-state index in [-0.39, 0.29) is 0 Å². The predicted octanol–water partition coefficient (Wildman–Crippen LogP) is 3.86. The Kier molecular flexibility index (Phi) is 4.28. The summed E-state index contributed by atoms with van der Waals surface area (Å²) in [4.78, 5) is 6.60. The van der Waals surface area contributed by atoms with Gasteiger partial charge in [0.1, 0.15) is 11.5 Å². The summed E-state index contributed by atoms with van der Waals surface area (Å²) in [6.07, 6.45) is 7.49. The molecule has 1 fully saturated rings. The third-order valence-electron chi connectivity index (χ3n) is 3.68. The summed E-state index contributed by atoms with van der Waals surface area (Å²) >= 11 is 0. The lowest BCUT2D eigenvalue weighted by molar-refractivity contribution is 0.219. The molecule has 0 N–H and O–H groups in total. The Hall–Kier alpha value is -1.87. The summed E-state index contributed by atoms with van der Waals surface area (Å²) in [6, 6.07) is 12.1. The van der Waals surface area contributed by atoms with E-state index in [1.165, 1.54) is 37.9 Å². The van der Waals surface area contributed by atoms with E-state index in [9.17, 15) is 0 Å². The topological polar surface area (TPSA) is 25.4 Å². The molecule has 0 radical (unpaired) electrons. The van der Waals surface area contributed by atoms with Crippen LogP contribution in [0.15, 0.2) is 48.8 Å². The highest BCUT2D eigenvalue weighted by atomic mass is 16.5. The number of pyridine rings is 1. The highest BCUT2D eigenvalue weighted by Crippen LogP contribution is 2.26. The predicted molar refractivity (Wildman–Crippen MR) is 79.9 cm³/mol. The van der Waals surface area contributed by atoms with Gasteiger partial charge in [-0.25, -0.2) is 0 Å². The van der Waals surface area contributed by atoms with E-state index in [0.717, 1.165) is 18.0 Å². The van der Waals surface area contributed by atoms with E-state index < -0.39 is 0 Å². The average molecular weight is 268 g/mol. The van der Waals surface area contributed by atoms with Gasteiger partial charge in [-0.2, -0.15) is 0 Å². The van der Waals surface area contributed by atoms with Gasteiger partial charge < -0.3 is 4.74 Å². The normalized spacial score (nSPS) is 16.0. The van der Waals surface area contributed by atoms with Crippen molar-refractivity contribution in [3.63, 3.8) is 0 Å². The molecule has 3 rings (SSSR count). The minimum Gasteiger partial charge on any atom is -0.455 e. The van der Waals surface area contributed by atoms with Gasteiger partial charge in [-0.15, -0.1) is 0 Å². The van der Waals surface area contributed by atoms with Crippen molar-refractivity contribution in [2.75, 3.05) is 13.1 Å². The van der Waals surface area contributed by atoms with Crippen LogP contribution < -0.4 is 4.74 Å². The number of hydrogen-bond acceptors (Lipinski definition) is 3. The van der Waals surface area contributed by atoms with Gasteiger partial charge >= 0.3 is 0 Å². The van der Waals surface area contributed by atoms with Crippen molar-refractivity contribution < 1.29 is 4.74 Å². The fourth-order valence-corrected chi connectivity index (χ4v) is 2.63. The van der Waals surface area contributed by atoms with Gasteiger partial charge in [-0.3, -0.25) is 9.88 Å². The lowest BCUT2D eigenvalue weighted by atomic mass is 10.1. The van der Waals surface area contributed by atoms with E-state index in [1.807, 2.05) is 24.3 Å². The van der Waals surface area contributed by atoms with Gasteiger partial charge in [0.05, 0.1) is 6.20 Å². The number of likely N-dealkylation sites (tertiary alicyclic amines) is 1. The molecule has 0 bridgehead atoms. The zero-order valence-electron chi connectivity index (χ0n) is 11.7. The Morgan fingerprint density at radius 1 is 1.00 bits per heavy atom. The second-order valence-corrected chi connectivity index (χ2v) is 5.24. The van der Waals surface area contributed by atoms with Crippen LogP contribution in [0.5, 0.6) is 11.5 Å². The first-order valence-electron chi connectivity index (χ1n) is 7.30. The van der Waals surface area contributed by atoms with Crippen LogP contribution in [-0.2, 0) is 6.54 Å². The van der Waals surface area contributed by atoms with Crippen LogP contribution in [0, 0.1) is 0 Å². The minimum absolute atomic E-state index is 0.790. The molecule has 1 aromatic heterocycles. The monoisotopic (exact) mass is 268 g/mol. The Morgan fingerprint density at radius 3 is 2.65 bits per heavy atom. The summed E-state index contributed by atoms with van der Waals surface area (Å²) in [5.74, 6) is 1.73. The van der Waals surface area contributed by atoms with Crippen molar-refractivity contribution in [3.8, 4) is 11.5 Å². The second kappa shape index (κ2) is 6.53. The number of hydrogen-bond donors (Lipinski definition) is 0. The second-order valence-electron chi connectivity index (χ2n) is 5.24. The molecule has 20 heavy (non-hydrogen) atoms. The molecular formula is C17H20N2O. The maximum Gasteiger partial charge on any atom is 0.145 e. The molecule has 1 aliphatic heterocycles. The zero-order valence-corrected chi connectivity index (χ0v) is 11.7. The number of aromatic nitrogens is 1. The van der Waals surface area contributed by atoms with Crippen LogP contribution in [0.2, 0.25) is 0 Å². The number of nitrogens with zero attached hydrogens (tertiary/aromatic N) is 2. The molecule has 0 unspecified atom stereocenters. The highest BCUT2D eigenvalue weighted by Gasteiger charge is 2.13. The van der Waals surface area contributed by atoms with Crippen LogP contribution in [0.25, 0.3) is 0 Å². The first-order chi connectivity index (χ1) is 9.92. The van der Waals surface area contributed by atoms with Gasteiger partial charge in [0.15, 0.2) is 0 Å². The van der Waals surface area contributed by atoms with Crippen molar-refractivity contribution >= 4 is 0 Å². The molecule has 0 aliphatic carbocycles. The maximum absolute atomic E-state index is 5.96. The summed E-state index contributed by atoms with van der Waals surface area (Å²) in [5.41, 5.74) is 1.25. The summed E-state index contributed by atoms with van der Waals surface area (Å²) in [7, 11) is 0. The largest absolute Gasteiger partial charge is 0.455 e. The Labute approximate surface area is 120 Å². The molecule has 3 nitrogen and oxygen atoms in total. The first kappa shape index (κ1) is 13.1. The van der Waals surface area contributed by atoms with Gasteiger partial charge in [0, 0.05) is 18.3 Å². The van der Waals surface area contributed by atoms with Gasteiger partial charge in [0.2, 0.25) is 0 Å². The van der Waals surface area contributed by atoms with E-state index in [1.54, 1.807) is 12.4 Å². The van der Waals surface area contributed by atoms with Crippen LogP contribution in [-0.4, -0.2) is 23.0 Å². The zero-order chi connectivity index (χ0) is 13.6. The third-order valence-corrected chi connectivity index (χ3v) is 3.68. The summed E-state index contributed by atoms with van der Waals surface area (Å²) in [6.45, 7) is 3.36. The lowest BCUT2D eigenvalue weighted by Gasteiger charge is -2.27. The Balaban J connectivity index is 1.74. The molecule has 0 saturated carbocycles. The number of benzene rings is 1. The summed E-state index contributed by atoms with van der Waals surface area (Å²) < 4.78 is 5.96. The number of ether oxygens (including phenoxy) is 1. The fourth-order valence-electron chi connectivity index (χ4n) is 2.63. The molecule has 1 aliphatic rings. The van der Waals surface area contributed by atoms with Crippen molar-refractivity contribution in [2.45, 2.75) is 25.8 Å². The number of piperidine rings is 1. The highest BCUT2D eigenvalue weighted by molar-refractivity contribution is 5.37. The van der Waals surface area contributed by atoms with Crippen molar-refractivity contribution in [1.29, 1.82) is 0 Å². The minimum atomic E-state index is 0.790. The molecule has 2 heterocycles. The van der Waals surface area contributed by atoms with E-state index in [4.69, 9.17) is 4.74 Å². The molecule has 1 saturated heterocycles.